The van der Waals surface area contributed by atoms with E-state index in [1.807, 2.05) is 58.6 Å². The Morgan fingerprint density at radius 1 is 1.22 bits per heavy atom. The third-order valence-electron chi connectivity index (χ3n) is 4.46. The van der Waals surface area contributed by atoms with Crippen LogP contribution in [-0.4, -0.2) is 22.7 Å². The zero-order valence-electron chi connectivity index (χ0n) is 15.0. The molecule has 0 bridgehead atoms. The van der Waals surface area contributed by atoms with E-state index in [2.05, 4.69) is 29.4 Å². The Morgan fingerprint density at radius 2 is 2.04 bits per heavy atom. The van der Waals surface area contributed by atoms with Crippen LogP contribution in [0.4, 0.5) is 5.69 Å². The van der Waals surface area contributed by atoms with Crippen LogP contribution in [0.25, 0.3) is 0 Å². The van der Waals surface area contributed by atoms with Gasteiger partial charge in [-0.15, -0.1) is 34.9 Å². The Balaban J connectivity index is 1.50. The van der Waals surface area contributed by atoms with Crippen LogP contribution in [0.2, 0.25) is 0 Å². The topological polar surface area (TPSA) is 33.2 Å². The zero-order valence-corrected chi connectivity index (χ0v) is 17.4. The number of amides is 1. The van der Waals surface area contributed by atoms with Crippen molar-refractivity contribution in [1.29, 1.82) is 0 Å². The Bertz CT molecular complexity index is 909. The lowest BCUT2D eigenvalue weighted by molar-refractivity contribution is 0.0986. The lowest BCUT2D eigenvalue weighted by Gasteiger charge is -2.22. The molecule has 1 aliphatic rings. The quantitative estimate of drug-likeness (QED) is 0.495. The number of carbonyl (C=O) groups excluding carboxylic acids is 1. The first-order valence-electron chi connectivity index (χ1n) is 8.88. The predicted molar refractivity (Wildman–Crippen MR) is 116 cm³/mol. The number of benzene rings is 2. The maximum absolute atomic E-state index is 13.2. The summed E-state index contributed by atoms with van der Waals surface area (Å²) >= 11 is 5.21. The van der Waals surface area contributed by atoms with Gasteiger partial charge in [0.05, 0.1) is 16.9 Å². The van der Waals surface area contributed by atoms with E-state index in [4.69, 9.17) is 0 Å². The number of rotatable bonds is 4. The number of para-hydroxylation sites is 1. The number of carbonyl (C=O) groups is 1. The molecule has 138 valence electrons. The van der Waals surface area contributed by atoms with Crippen molar-refractivity contribution >= 4 is 46.5 Å². The summed E-state index contributed by atoms with van der Waals surface area (Å²) in [5.41, 5.74) is 4.72. The summed E-state index contributed by atoms with van der Waals surface area (Å²) in [5.74, 6) is 0.930. The van der Waals surface area contributed by atoms with Crippen molar-refractivity contribution < 1.29 is 4.79 Å². The molecule has 2 heterocycles. The zero-order chi connectivity index (χ0) is 18.6. The third kappa shape index (κ3) is 4.39. The minimum atomic E-state index is 0.0770. The number of thioether (sulfide) groups is 2. The summed E-state index contributed by atoms with van der Waals surface area (Å²) in [6, 6.07) is 16.2. The molecular weight excluding hydrogens is 392 g/mol. The number of nitrogens with zero attached hydrogens (tertiary/aromatic N) is 2. The molecule has 0 fully saturated rings. The number of hydrogen-bond acceptors (Lipinski definition) is 5. The molecule has 2 aromatic carbocycles. The lowest BCUT2D eigenvalue weighted by Crippen LogP contribution is -2.32. The highest BCUT2D eigenvalue weighted by Crippen LogP contribution is 2.38. The second-order valence-electron chi connectivity index (χ2n) is 6.43. The summed E-state index contributed by atoms with van der Waals surface area (Å²) in [6.45, 7) is 2.98. The van der Waals surface area contributed by atoms with Crippen molar-refractivity contribution in [3.8, 4) is 0 Å². The maximum Gasteiger partial charge on any atom is 0.258 e. The van der Waals surface area contributed by atoms with Gasteiger partial charge < -0.3 is 4.90 Å². The second kappa shape index (κ2) is 8.50. The van der Waals surface area contributed by atoms with Crippen LogP contribution < -0.4 is 4.90 Å². The monoisotopic (exact) mass is 412 g/mol. The maximum atomic E-state index is 13.2. The highest BCUT2D eigenvalue weighted by Gasteiger charge is 2.24. The smallest absolute Gasteiger partial charge is 0.258 e. The van der Waals surface area contributed by atoms with Gasteiger partial charge in [0.15, 0.2) is 0 Å². The molecule has 0 radical (unpaired) electrons. The van der Waals surface area contributed by atoms with Crippen LogP contribution in [0.1, 0.15) is 29.4 Å². The molecule has 1 atom stereocenters. The Kier molecular flexibility index (Phi) is 5.86. The van der Waals surface area contributed by atoms with Crippen molar-refractivity contribution in [2.45, 2.75) is 34.1 Å². The van der Waals surface area contributed by atoms with E-state index in [1.165, 1.54) is 4.90 Å². The average molecular weight is 413 g/mol. The molecule has 1 aliphatic heterocycles. The highest BCUT2D eigenvalue weighted by molar-refractivity contribution is 8.00. The van der Waals surface area contributed by atoms with Crippen molar-refractivity contribution in [1.82, 2.24) is 4.98 Å². The predicted octanol–water partition coefficient (Wildman–Crippen LogP) is 5.97. The van der Waals surface area contributed by atoms with E-state index in [0.717, 1.165) is 40.6 Å². The van der Waals surface area contributed by atoms with Crippen LogP contribution in [0.5, 0.6) is 0 Å². The first-order valence-corrected chi connectivity index (χ1v) is 11.7. The fourth-order valence-electron chi connectivity index (χ4n) is 3.01. The van der Waals surface area contributed by atoms with Crippen molar-refractivity contribution in [3.05, 3.63) is 70.7 Å². The van der Waals surface area contributed by atoms with Gasteiger partial charge in [-0.1, -0.05) is 19.1 Å². The number of fused-ring (bicyclic) bond motifs is 1. The number of thiazole rings is 1. The minimum Gasteiger partial charge on any atom is -0.307 e. The van der Waals surface area contributed by atoms with Gasteiger partial charge in [0.2, 0.25) is 0 Å². The van der Waals surface area contributed by atoms with E-state index in [0.29, 0.717) is 5.25 Å². The first-order chi connectivity index (χ1) is 13.2. The Labute approximate surface area is 172 Å². The molecule has 1 aromatic heterocycles. The lowest BCUT2D eigenvalue weighted by atomic mass is 10.1. The molecule has 0 aliphatic carbocycles. The first kappa shape index (κ1) is 18.6. The van der Waals surface area contributed by atoms with Gasteiger partial charge in [-0.3, -0.25) is 4.79 Å². The molecule has 0 saturated heterocycles. The van der Waals surface area contributed by atoms with Crippen molar-refractivity contribution in [2.24, 2.45) is 0 Å². The molecule has 0 saturated carbocycles. The summed E-state index contributed by atoms with van der Waals surface area (Å²) < 4.78 is 0. The molecular formula is C21H20N2OS3. The van der Waals surface area contributed by atoms with E-state index in [1.54, 1.807) is 23.1 Å². The van der Waals surface area contributed by atoms with Crippen molar-refractivity contribution in [3.63, 3.8) is 0 Å². The van der Waals surface area contributed by atoms with Gasteiger partial charge in [-0.2, -0.15) is 0 Å². The third-order valence-corrected chi connectivity index (χ3v) is 7.38. The molecule has 0 spiro atoms. The van der Waals surface area contributed by atoms with Crippen LogP contribution in [0.3, 0.4) is 0 Å². The van der Waals surface area contributed by atoms with E-state index in [-0.39, 0.29) is 5.91 Å². The fraction of sp³-hybridized carbons (Fsp3) is 0.238. The van der Waals surface area contributed by atoms with E-state index < -0.39 is 0 Å². The molecule has 1 unspecified atom stereocenters. The standard InChI is InChI=1S/C21H20N2OS3/c1-15-10-11-23(19-4-2-3-5-20(19)27-15)21(24)16-6-8-18(9-7-16)26-13-17-12-25-14-22-17/h2-9,12,14-15H,10-11,13H2,1H3. The summed E-state index contributed by atoms with van der Waals surface area (Å²) in [6.07, 6.45) is 0.993. The number of aromatic nitrogens is 1. The minimum absolute atomic E-state index is 0.0770. The molecule has 3 nitrogen and oxygen atoms in total. The summed E-state index contributed by atoms with van der Waals surface area (Å²) in [7, 11) is 0. The molecule has 27 heavy (non-hydrogen) atoms. The molecule has 1 amide bonds. The largest absolute Gasteiger partial charge is 0.307 e. The number of hydrogen-bond donors (Lipinski definition) is 0. The van der Waals surface area contributed by atoms with Crippen LogP contribution in [0, 0.1) is 0 Å². The molecule has 4 rings (SSSR count). The van der Waals surface area contributed by atoms with Crippen LogP contribution in [-0.2, 0) is 5.75 Å². The van der Waals surface area contributed by atoms with Crippen LogP contribution >= 0.6 is 34.9 Å². The van der Waals surface area contributed by atoms with Crippen molar-refractivity contribution in [2.75, 3.05) is 11.4 Å². The highest BCUT2D eigenvalue weighted by atomic mass is 32.2. The molecule has 3 aromatic rings. The van der Waals surface area contributed by atoms with E-state index >= 15 is 0 Å². The fourth-order valence-corrected chi connectivity index (χ4v) is 5.59. The van der Waals surface area contributed by atoms with E-state index in [9.17, 15) is 4.79 Å². The Hall–Kier alpha value is -1.76. The van der Waals surface area contributed by atoms with Gasteiger partial charge >= 0.3 is 0 Å². The van der Waals surface area contributed by atoms with Gasteiger partial charge in [0, 0.05) is 38.3 Å². The Morgan fingerprint density at radius 3 is 2.81 bits per heavy atom. The average Bonchev–Trinajstić information content (AvgIpc) is 3.15. The van der Waals surface area contributed by atoms with Crippen LogP contribution in [0.15, 0.2) is 69.2 Å². The second-order valence-corrected chi connectivity index (χ2v) is 9.68. The van der Waals surface area contributed by atoms with Gasteiger partial charge in [-0.05, 0) is 42.8 Å². The number of anilines is 1. The normalized spacial score (nSPS) is 16.6. The molecule has 6 heteroatoms. The SMILES string of the molecule is CC1CCN(C(=O)c2ccc(SCc3cscn3)cc2)c2ccccc2S1. The van der Waals surface area contributed by atoms with Gasteiger partial charge in [-0.25, -0.2) is 4.98 Å². The van der Waals surface area contributed by atoms with Gasteiger partial charge in [0.25, 0.3) is 5.91 Å². The summed E-state index contributed by atoms with van der Waals surface area (Å²) in [5, 5.41) is 2.58. The summed E-state index contributed by atoms with van der Waals surface area (Å²) in [4.78, 5) is 21.8. The molecule has 0 N–H and O–H groups in total. The van der Waals surface area contributed by atoms with Gasteiger partial charge in [0.1, 0.15) is 0 Å².